The summed E-state index contributed by atoms with van der Waals surface area (Å²) in [7, 11) is 0. The smallest absolute Gasteiger partial charge is 0.0342 e. The number of hydrogen-bond acceptors (Lipinski definition) is 0. The molecule has 0 heteroatoms. The van der Waals surface area contributed by atoms with Crippen LogP contribution < -0.4 is 0 Å². The fraction of sp³-hybridized carbons (Fsp3) is 0.182. The lowest BCUT2D eigenvalue weighted by Crippen LogP contribution is -2.44. The number of fused-ring (bicyclic) bond motifs is 3. The van der Waals surface area contributed by atoms with Crippen LogP contribution >= 0.6 is 0 Å². The van der Waals surface area contributed by atoms with E-state index in [-0.39, 0.29) is 5.41 Å². The van der Waals surface area contributed by atoms with Gasteiger partial charge in [-0.2, -0.15) is 0 Å². The summed E-state index contributed by atoms with van der Waals surface area (Å²) in [4.78, 5) is 0. The average Bonchev–Trinajstić information content (AvgIpc) is 2.61. The molecular weight excluding hydrogens is 264 g/mol. The van der Waals surface area contributed by atoms with E-state index >= 15 is 0 Å². The molecule has 0 saturated heterocycles. The molecule has 0 bridgehead atoms. The van der Waals surface area contributed by atoms with Crippen LogP contribution in [0, 0.1) is 17.3 Å². The Morgan fingerprint density at radius 1 is 0.818 bits per heavy atom. The molecule has 5 aliphatic rings. The highest BCUT2D eigenvalue weighted by atomic mass is 14.5. The highest BCUT2D eigenvalue weighted by molar-refractivity contribution is 5.63. The van der Waals surface area contributed by atoms with Crippen LogP contribution in [-0.4, -0.2) is 0 Å². The molecule has 0 aromatic heterocycles. The predicted octanol–water partition coefficient (Wildman–Crippen LogP) is 5.15. The molecule has 0 heterocycles. The van der Waals surface area contributed by atoms with E-state index in [0.717, 1.165) is 6.42 Å². The van der Waals surface area contributed by atoms with E-state index in [4.69, 9.17) is 0 Å². The molecule has 0 amide bonds. The van der Waals surface area contributed by atoms with Gasteiger partial charge in [0.15, 0.2) is 0 Å². The second kappa shape index (κ2) is 4.33. The fourth-order valence-electron chi connectivity index (χ4n) is 4.76. The lowest BCUT2D eigenvalue weighted by atomic mass is 9.50. The monoisotopic (exact) mass is 282 g/mol. The summed E-state index contributed by atoms with van der Waals surface area (Å²) in [6.45, 7) is 0. The van der Waals surface area contributed by atoms with Gasteiger partial charge in [-0.3, -0.25) is 0 Å². The van der Waals surface area contributed by atoms with E-state index in [9.17, 15) is 0 Å². The van der Waals surface area contributed by atoms with Crippen molar-refractivity contribution in [2.24, 2.45) is 17.3 Å². The Kier molecular flexibility index (Phi) is 2.41. The van der Waals surface area contributed by atoms with Crippen molar-refractivity contribution in [3.63, 3.8) is 0 Å². The van der Waals surface area contributed by atoms with E-state index in [1.54, 1.807) is 0 Å². The zero-order valence-corrected chi connectivity index (χ0v) is 12.4. The van der Waals surface area contributed by atoms with E-state index in [0.29, 0.717) is 11.8 Å². The highest BCUT2D eigenvalue weighted by Crippen LogP contribution is 2.60. The van der Waals surface area contributed by atoms with Crippen molar-refractivity contribution in [2.45, 2.75) is 6.42 Å². The molecule has 0 aliphatic heterocycles. The number of allylic oxidation sites excluding steroid dienone is 18. The maximum absolute atomic E-state index is 2.44. The first-order valence-corrected chi connectivity index (χ1v) is 8.11. The Morgan fingerprint density at radius 2 is 1.73 bits per heavy atom. The predicted molar refractivity (Wildman–Crippen MR) is 92.1 cm³/mol. The van der Waals surface area contributed by atoms with Crippen molar-refractivity contribution in [3.05, 3.63) is 107 Å². The molecule has 5 rings (SSSR count). The molecule has 0 aromatic carbocycles. The molecule has 3 unspecified atom stereocenters. The number of hydrogen-bond donors (Lipinski definition) is 0. The Bertz CT molecular complexity index is 814. The quantitative estimate of drug-likeness (QED) is 0.576. The third-order valence-corrected chi connectivity index (χ3v) is 5.66. The molecule has 0 saturated carbocycles. The van der Waals surface area contributed by atoms with Gasteiger partial charge in [0.2, 0.25) is 0 Å². The van der Waals surface area contributed by atoms with E-state index in [1.807, 2.05) is 0 Å². The zero-order chi connectivity index (χ0) is 14.6. The number of rotatable bonds is 0. The summed E-state index contributed by atoms with van der Waals surface area (Å²) >= 11 is 0. The summed E-state index contributed by atoms with van der Waals surface area (Å²) in [5.74, 6) is 0.886. The Balaban J connectivity index is 1.85. The first-order chi connectivity index (χ1) is 10.9. The molecule has 0 radical (unpaired) electrons. The highest BCUT2D eigenvalue weighted by Gasteiger charge is 2.51. The Morgan fingerprint density at radius 3 is 2.73 bits per heavy atom. The molecule has 22 heavy (non-hydrogen) atoms. The van der Waals surface area contributed by atoms with E-state index < -0.39 is 0 Å². The van der Waals surface area contributed by atoms with Crippen LogP contribution in [0.1, 0.15) is 6.42 Å². The van der Waals surface area contributed by atoms with Crippen LogP contribution in [0.25, 0.3) is 0 Å². The van der Waals surface area contributed by atoms with Crippen LogP contribution in [0.15, 0.2) is 107 Å². The largest absolute Gasteiger partial charge is 0.0801 e. The molecule has 3 atom stereocenters. The lowest BCUT2D eigenvalue weighted by Gasteiger charge is -2.52. The fourth-order valence-corrected chi connectivity index (χ4v) is 4.76. The summed E-state index contributed by atoms with van der Waals surface area (Å²) in [6, 6.07) is 0. The summed E-state index contributed by atoms with van der Waals surface area (Å²) in [5, 5.41) is 0. The van der Waals surface area contributed by atoms with Crippen LogP contribution in [-0.2, 0) is 0 Å². The maximum atomic E-state index is 2.44. The SMILES string of the molecule is C1=CCC2=C3C=CC=CC3C34C=CC=CC3=CC=CC4C2=C1. The molecule has 0 fully saturated rings. The summed E-state index contributed by atoms with van der Waals surface area (Å²) in [5.41, 5.74) is 6.06. The lowest BCUT2D eigenvalue weighted by molar-refractivity contribution is 0.294. The zero-order valence-electron chi connectivity index (χ0n) is 12.4. The van der Waals surface area contributed by atoms with Crippen molar-refractivity contribution < 1.29 is 0 Å². The minimum Gasteiger partial charge on any atom is -0.0801 e. The normalized spacial score (nSPS) is 36.4. The molecule has 0 N–H and O–H groups in total. The minimum absolute atomic E-state index is 0.0562. The summed E-state index contributed by atoms with van der Waals surface area (Å²) in [6.07, 6.45) is 33.1. The van der Waals surface area contributed by atoms with Crippen LogP contribution in [0.5, 0.6) is 0 Å². The van der Waals surface area contributed by atoms with Crippen LogP contribution in [0.3, 0.4) is 0 Å². The topological polar surface area (TPSA) is 0 Å². The standard InChI is InChI=1S/C22H18/c1-2-11-19-17(10-1)18-12-3-4-13-20(18)22-15-6-5-8-16(22)9-7-14-21(19)22/h1-9,11-15,20-21H,10H2. The van der Waals surface area contributed by atoms with Gasteiger partial charge in [0.25, 0.3) is 0 Å². The average molecular weight is 282 g/mol. The van der Waals surface area contributed by atoms with Gasteiger partial charge in [0, 0.05) is 17.3 Å². The van der Waals surface area contributed by atoms with Crippen molar-refractivity contribution in [3.8, 4) is 0 Å². The second-order valence-electron chi connectivity index (χ2n) is 6.55. The molecule has 1 spiro atoms. The van der Waals surface area contributed by atoms with E-state index in [2.05, 4.69) is 85.1 Å². The van der Waals surface area contributed by atoms with Gasteiger partial charge in [-0.1, -0.05) is 85.1 Å². The maximum Gasteiger partial charge on any atom is 0.0342 e. The van der Waals surface area contributed by atoms with Crippen LogP contribution in [0.2, 0.25) is 0 Å². The van der Waals surface area contributed by atoms with Gasteiger partial charge in [0.05, 0.1) is 0 Å². The molecule has 5 aliphatic carbocycles. The van der Waals surface area contributed by atoms with Crippen molar-refractivity contribution in [1.82, 2.24) is 0 Å². The van der Waals surface area contributed by atoms with Gasteiger partial charge in [-0.15, -0.1) is 0 Å². The first kappa shape index (κ1) is 12.2. The van der Waals surface area contributed by atoms with Gasteiger partial charge in [-0.25, -0.2) is 0 Å². The van der Waals surface area contributed by atoms with Gasteiger partial charge in [-0.05, 0) is 28.7 Å². The summed E-state index contributed by atoms with van der Waals surface area (Å²) < 4.78 is 0. The minimum atomic E-state index is 0.0562. The van der Waals surface area contributed by atoms with E-state index in [1.165, 1.54) is 22.3 Å². The van der Waals surface area contributed by atoms with Gasteiger partial charge in [0.1, 0.15) is 0 Å². The molecule has 0 nitrogen and oxygen atoms in total. The van der Waals surface area contributed by atoms with Crippen molar-refractivity contribution in [2.75, 3.05) is 0 Å². The van der Waals surface area contributed by atoms with Gasteiger partial charge < -0.3 is 0 Å². The van der Waals surface area contributed by atoms with Gasteiger partial charge >= 0.3 is 0 Å². The third kappa shape index (κ3) is 1.38. The first-order valence-electron chi connectivity index (χ1n) is 8.11. The third-order valence-electron chi connectivity index (χ3n) is 5.66. The second-order valence-corrected chi connectivity index (χ2v) is 6.55. The van der Waals surface area contributed by atoms with Crippen LogP contribution in [0.4, 0.5) is 0 Å². The molecule has 106 valence electrons. The Labute approximate surface area is 131 Å². The Hall–Kier alpha value is -2.34. The van der Waals surface area contributed by atoms with Crippen molar-refractivity contribution >= 4 is 0 Å². The molecular formula is C22H18. The van der Waals surface area contributed by atoms with Crippen molar-refractivity contribution in [1.29, 1.82) is 0 Å². The molecule has 0 aromatic rings.